The van der Waals surface area contributed by atoms with E-state index in [9.17, 15) is 19.2 Å². The Hall–Kier alpha value is -1.72. The molecule has 0 atom stereocenters. The van der Waals surface area contributed by atoms with Crippen LogP contribution in [0, 0.1) is 0 Å². The number of hydrogen-bond donors (Lipinski definition) is 0. The first kappa shape index (κ1) is 13.3. The largest absolute Gasteiger partial charge is 0.333 e. The molecule has 1 aliphatic rings. The fourth-order valence-electron chi connectivity index (χ4n) is 1.48. The molecular formula is C11H15NO5. The van der Waals surface area contributed by atoms with E-state index in [4.69, 9.17) is 0 Å². The second-order valence-electron chi connectivity index (χ2n) is 3.81. The Morgan fingerprint density at radius 2 is 1.82 bits per heavy atom. The van der Waals surface area contributed by atoms with Gasteiger partial charge in [0, 0.05) is 25.7 Å². The van der Waals surface area contributed by atoms with Gasteiger partial charge in [0.05, 0.1) is 0 Å². The van der Waals surface area contributed by atoms with Gasteiger partial charge < -0.3 is 9.63 Å². The highest BCUT2D eigenvalue weighted by molar-refractivity contribution is 6.01. The summed E-state index contributed by atoms with van der Waals surface area (Å²) in [6, 6.07) is 0. The van der Waals surface area contributed by atoms with Gasteiger partial charge in [-0.15, -0.1) is 5.06 Å². The predicted molar refractivity (Wildman–Crippen MR) is 56.3 cm³/mol. The Kier molecular flexibility index (Phi) is 5.32. The number of rotatable bonds is 7. The highest BCUT2D eigenvalue weighted by Crippen LogP contribution is 2.13. The highest BCUT2D eigenvalue weighted by Gasteiger charge is 2.32. The van der Waals surface area contributed by atoms with E-state index in [1.807, 2.05) is 0 Å². The summed E-state index contributed by atoms with van der Waals surface area (Å²) in [6.07, 6.45) is 3.74. The third-order valence-corrected chi connectivity index (χ3v) is 2.40. The quantitative estimate of drug-likeness (QED) is 0.373. The summed E-state index contributed by atoms with van der Waals surface area (Å²) in [4.78, 5) is 48.2. The molecule has 6 nitrogen and oxygen atoms in total. The molecule has 0 unspecified atom stereocenters. The molecule has 0 aliphatic carbocycles. The molecule has 0 spiro atoms. The van der Waals surface area contributed by atoms with Crippen LogP contribution in [0.25, 0.3) is 0 Å². The van der Waals surface area contributed by atoms with Crippen LogP contribution >= 0.6 is 0 Å². The molecule has 2 amide bonds. The van der Waals surface area contributed by atoms with Crippen LogP contribution in [-0.4, -0.2) is 29.1 Å². The molecular weight excluding hydrogens is 226 g/mol. The number of aldehydes is 1. The molecule has 1 heterocycles. The van der Waals surface area contributed by atoms with Crippen molar-refractivity contribution >= 4 is 24.1 Å². The standard InChI is InChI=1S/C11H15NO5/c13-8-4-2-1-3-5-11(16)17-12-9(14)6-7-10(12)15/h8H,1-7H2. The van der Waals surface area contributed by atoms with E-state index in [1.165, 1.54) is 0 Å². The van der Waals surface area contributed by atoms with Crippen molar-refractivity contribution in [2.75, 3.05) is 0 Å². The fourth-order valence-corrected chi connectivity index (χ4v) is 1.48. The monoisotopic (exact) mass is 241 g/mol. The van der Waals surface area contributed by atoms with E-state index >= 15 is 0 Å². The number of nitrogens with zero attached hydrogens (tertiary/aromatic N) is 1. The van der Waals surface area contributed by atoms with Crippen LogP contribution in [0.4, 0.5) is 0 Å². The Morgan fingerprint density at radius 3 is 2.41 bits per heavy atom. The van der Waals surface area contributed by atoms with Crippen LogP contribution in [0.2, 0.25) is 0 Å². The lowest BCUT2D eigenvalue weighted by molar-refractivity contribution is -0.197. The van der Waals surface area contributed by atoms with Gasteiger partial charge in [0.25, 0.3) is 11.8 Å². The summed E-state index contributed by atoms with van der Waals surface area (Å²) < 4.78 is 0. The van der Waals surface area contributed by atoms with Crippen LogP contribution in [0.5, 0.6) is 0 Å². The summed E-state index contributed by atoms with van der Waals surface area (Å²) in [6.45, 7) is 0. The Balaban J connectivity index is 2.18. The summed E-state index contributed by atoms with van der Waals surface area (Å²) >= 11 is 0. The minimum Gasteiger partial charge on any atom is -0.330 e. The second-order valence-corrected chi connectivity index (χ2v) is 3.81. The van der Waals surface area contributed by atoms with Crippen molar-refractivity contribution < 1.29 is 24.0 Å². The average molecular weight is 241 g/mol. The normalized spacial score (nSPS) is 15.2. The van der Waals surface area contributed by atoms with Crippen molar-refractivity contribution in [2.24, 2.45) is 0 Å². The highest BCUT2D eigenvalue weighted by atomic mass is 16.7. The molecule has 1 saturated heterocycles. The molecule has 0 bridgehead atoms. The van der Waals surface area contributed by atoms with Gasteiger partial charge in [0.1, 0.15) is 6.29 Å². The van der Waals surface area contributed by atoms with E-state index < -0.39 is 17.8 Å². The zero-order chi connectivity index (χ0) is 12.7. The number of amides is 2. The molecule has 0 N–H and O–H groups in total. The molecule has 0 saturated carbocycles. The van der Waals surface area contributed by atoms with Crippen molar-refractivity contribution in [3.8, 4) is 0 Å². The number of unbranched alkanes of at least 4 members (excludes halogenated alkanes) is 3. The molecule has 1 aliphatic heterocycles. The van der Waals surface area contributed by atoms with Gasteiger partial charge in [-0.1, -0.05) is 6.42 Å². The Labute approximate surface area is 98.9 Å². The summed E-state index contributed by atoms with van der Waals surface area (Å²) in [7, 11) is 0. The van der Waals surface area contributed by atoms with Crippen molar-refractivity contribution in [3.63, 3.8) is 0 Å². The maximum absolute atomic E-state index is 11.3. The number of carbonyl (C=O) groups is 4. The van der Waals surface area contributed by atoms with Gasteiger partial charge in [-0.2, -0.15) is 0 Å². The summed E-state index contributed by atoms with van der Waals surface area (Å²) in [5, 5.41) is 0.549. The maximum Gasteiger partial charge on any atom is 0.333 e. The molecule has 0 aromatic heterocycles. The lowest BCUT2D eigenvalue weighted by atomic mass is 10.1. The van der Waals surface area contributed by atoms with E-state index in [0.29, 0.717) is 17.9 Å². The molecule has 0 radical (unpaired) electrons. The summed E-state index contributed by atoms with van der Waals surface area (Å²) in [5.41, 5.74) is 0. The first-order valence-corrected chi connectivity index (χ1v) is 5.65. The van der Waals surface area contributed by atoms with Crippen molar-refractivity contribution in [1.82, 2.24) is 5.06 Å². The van der Waals surface area contributed by atoms with Gasteiger partial charge in [-0.25, -0.2) is 4.79 Å². The fraction of sp³-hybridized carbons (Fsp3) is 0.636. The van der Waals surface area contributed by atoms with E-state index in [1.54, 1.807) is 0 Å². The first-order valence-electron chi connectivity index (χ1n) is 5.65. The number of hydroxylamine groups is 2. The molecule has 94 valence electrons. The molecule has 17 heavy (non-hydrogen) atoms. The number of carbonyl (C=O) groups excluding carboxylic acids is 4. The number of hydrogen-bond acceptors (Lipinski definition) is 5. The van der Waals surface area contributed by atoms with Crippen molar-refractivity contribution in [1.29, 1.82) is 0 Å². The predicted octanol–water partition coefficient (Wildman–Crippen LogP) is 0.743. The topological polar surface area (TPSA) is 80.8 Å². The van der Waals surface area contributed by atoms with Crippen LogP contribution in [-0.2, 0) is 24.0 Å². The Bertz CT molecular complexity index is 310. The SMILES string of the molecule is O=CCCCCCC(=O)ON1C(=O)CCC1=O. The Morgan fingerprint density at radius 1 is 1.18 bits per heavy atom. The van der Waals surface area contributed by atoms with Crippen LogP contribution in [0.3, 0.4) is 0 Å². The molecule has 0 aromatic carbocycles. The van der Waals surface area contributed by atoms with Crippen LogP contribution < -0.4 is 0 Å². The van der Waals surface area contributed by atoms with Gasteiger partial charge >= 0.3 is 5.97 Å². The third-order valence-electron chi connectivity index (χ3n) is 2.40. The molecule has 6 heteroatoms. The molecule has 1 fully saturated rings. The van der Waals surface area contributed by atoms with Crippen molar-refractivity contribution in [2.45, 2.75) is 44.9 Å². The van der Waals surface area contributed by atoms with Gasteiger partial charge in [0.15, 0.2) is 0 Å². The zero-order valence-electron chi connectivity index (χ0n) is 9.52. The maximum atomic E-state index is 11.3. The lowest BCUT2D eigenvalue weighted by Gasteiger charge is -2.12. The smallest absolute Gasteiger partial charge is 0.330 e. The van der Waals surface area contributed by atoms with E-state index in [2.05, 4.69) is 4.84 Å². The van der Waals surface area contributed by atoms with Gasteiger partial charge in [0.2, 0.25) is 0 Å². The molecule has 0 aromatic rings. The molecule has 1 rings (SSSR count). The van der Waals surface area contributed by atoms with Crippen molar-refractivity contribution in [3.05, 3.63) is 0 Å². The zero-order valence-corrected chi connectivity index (χ0v) is 9.52. The van der Waals surface area contributed by atoms with Crippen LogP contribution in [0.15, 0.2) is 0 Å². The van der Waals surface area contributed by atoms with Gasteiger partial charge in [-0.05, 0) is 12.8 Å². The third kappa shape index (κ3) is 4.34. The van der Waals surface area contributed by atoms with Crippen LogP contribution in [0.1, 0.15) is 44.9 Å². The first-order chi connectivity index (χ1) is 8.15. The van der Waals surface area contributed by atoms with E-state index in [-0.39, 0.29) is 19.3 Å². The minimum absolute atomic E-state index is 0.103. The van der Waals surface area contributed by atoms with Gasteiger partial charge in [-0.3, -0.25) is 9.59 Å². The minimum atomic E-state index is -0.584. The van der Waals surface area contributed by atoms with E-state index in [0.717, 1.165) is 19.1 Å². The average Bonchev–Trinajstić information content (AvgIpc) is 2.60. The number of imide groups is 1. The summed E-state index contributed by atoms with van der Waals surface area (Å²) in [5.74, 6) is -1.52. The second kappa shape index (κ2) is 6.78. The lowest BCUT2D eigenvalue weighted by Crippen LogP contribution is -2.31.